The first-order valence-electron chi connectivity index (χ1n) is 11.6. The van der Waals surface area contributed by atoms with Crippen LogP contribution in [-0.2, 0) is 0 Å². The Morgan fingerprint density at radius 1 is 1.15 bits per heavy atom. The number of likely N-dealkylation sites (tertiary alicyclic amines) is 1. The predicted molar refractivity (Wildman–Crippen MR) is 129 cm³/mol. The Hall–Kier alpha value is -3.26. The van der Waals surface area contributed by atoms with E-state index in [1.807, 2.05) is 44.7 Å². The summed E-state index contributed by atoms with van der Waals surface area (Å²) in [5.74, 6) is 1.49. The number of carbonyl (C=O) groups is 1. The third-order valence-electron chi connectivity index (χ3n) is 7.44. The zero-order valence-corrected chi connectivity index (χ0v) is 20.4. The summed E-state index contributed by atoms with van der Waals surface area (Å²) in [6, 6.07) is 14.3. The van der Waals surface area contributed by atoms with Crippen molar-refractivity contribution >= 4 is 11.7 Å². The van der Waals surface area contributed by atoms with E-state index in [9.17, 15) is 15.2 Å². The molecule has 1 amide bonds. The van der Waals surface area contributed by atoms with Crippen LogP contribution in [0.3, 0.4) is 0 Å². The summed E-state index contributed by atoms with van der Waals surface area (Å²) in [6.45, 7) is 8.37. The lowest BCUT2D eigenvalue weighted by Gasteiger charge is -2.33. The van der Waals surface area contributed by atoms with Crippen LogP contribution in [-0.4, -0.2) is 69.0 Å². The molecule has 2 aliphatic heterocycles. The van der Waals surface area contributed by atoms with Gasteiger partial charge in [0.2, 0.25) is 0 Å². The minimum absolute atomic E-state index is 0.0192. The molecular formula is C26H33N3O5. The van der Waals surface area contributed by atoms with Gasteiger partial charge < -0.3 is 19.6 Å². The highest BCUT2D eigenvalue weighted by molar-refractivity contribution is 5.96. The Morgan fingerprint density at radius 3 is 2.47 bits per heavy atom. The number of hydrogen-bond acceptors (Lipinski definition) is 6. The minimum atomic E-state index is -0.798. The van der Waals surface area contributed by atoms with Crippen LogP contribution < -0.4 is 9.47 Å². The molecule has 182 valence electrons. The molecule has 0 spiro atoms. The molecule has 0 aliphatic carbocycles. The number of methoxy groups -OCH3 is 1. The van der Waals surface area contributed by atoms with Gasteiger partial charge in [-0.2, -0.15) is 0 Å². The highest BCUT2D eigenvalue weighted by Crippen LogP contribution is 2.37. The van der Waals surface area contributed by atoms with Gasteiger partial charge in [0.15, 0.2) is 5.54 Å². The van der Waals surface area contributed by atoms with Crippen molar-refractivity contribution in [3.8, 4) is 11.5 Å². The van der Waals surface area contributed by atoms with Gasteiger partial charge in [0.25, 0.3) is 5.91 Å². The second-order valence-electron chi connectivity index (χ2n) is 9.91. The van der Waals surface area contributed by atoms with Gasteiger partial charge in [-0.25, -0.2) is 5.21 Å². The van der Waals surface area contributed by atoms with Crippen molar-refractivity contribution in [1.82, 2.24) is 9.96 Å². The molecule has 2 heterocycles. The number of ether oxygens (including phenoxy) is 2. The standard InChI is InChI=1S/C26H33N3O5/c1-25(2)26(3,4)29(32)23(28(25)31)18-11-13-21(14-12-18)34-17-20-9-7-15-27(20)24(30)19-8-6-10-22(16-19)33-5/h6,8,10-14,16,20,31H,7,9,15,17H2,1-5H3. The number of hydroxylamine groups is 3. The van der Waals surface area contributed by atoms with Crippen LogP contribution in [0.15, 0.2) is 48.5 Å². The second kappa shape index (κ2) is 8.83. The van der Waals surface area contributed by atoms with Crippen molar-refractivity contribution in [3.63, 3.8) is 0 Å². The molecule has 1 unspecified atom stereocenters. The first kappa shape index (κ1) is 23.9. The number of amides is 1. The monoisotopic (exact) mass is 467 g/mol. The van der Waals surface area contributed by atoms with Gasteiger partial charge in [-0.15, -0.1) is 5.06 Å². The normalized spacial score (nSPS) is 21.2. The summed E-state index contributed by atoms with van der Waals surface area (Å²) < 4.78 is 12.1. The smallest absolute Gasteiger partial charge is 0.313 e. The van der Waals surface area contributed by atoms with E-state index < -0.39 is 11.1 Å². The third kappa shape index (κ3) is 3.96. The fourth-order valence-corrected chi connectivity index (χ4v) is 4.45. The van der Waals surface area contributed by atoms with E-state index in [-0.39, 0.29) is 17.8 Å². The minimum Gasteiger partial charge on any atom is -0.714 e. The molecule has 8 nitrogen and oxygen atoms in total. The maximum Gasteiger partial charge on any atom is 0.313 e. The molecule has 0 bridgehead atoms. The van der Waals surface area contributed by atoms with Crippen LogP contribution in [0.2, 0.25) is 0 Å². The number of nitrogens with zero attached hydrogens (tertiary/aromatic N) is 3. The SMILES string of the molecule is COc1cccc(C(=O)N2CCCC2COc2ccc(C3=[N+]([O-])C(C)(C)C(C)(C)N3O)cc2)c1. The lowest BCUT2D eigenvalue weighted by Crippen LogP contribution is -2.53. The Kier molecular flexibility index (Phi) is 6.20. The highest BCUT2D eigenvalue weighted by Gasteiger charge is 2.58. The first-order valence-corrected chi connectivity index (χ1v) is 11.6. The summed E-state index contributed by atoms with van der Waals surface area (Å²) in [6.07, 6.45) is 1.80. The molecule has 1 saturated heterocycles. The Balaban J connectivity index is 1.43. The largest absolute Gasteiger partial charge is 0.714 e. The second-order valence-corrected chi connectivity index (χ2v) is 9.91. The quantitative estimate of drug-likeness (QED) is 0.512. The highest BCUT2D eigenvalue weighted by atomic mass is 16.5. The van der Waals surface area contributed by atoms with E-state index in [0.29, 0.717) is 35.8 Å². The zero-order valence-electron chi connectivity index (χ0n) is 20.4. The van der Waals surface area contributed by atoms with Crippen molar-refractivity contribution in [2.75, 3.05) is 20.3 Å². The molecule has 8 heteroatoms. The molecule has 0 aromatic heterocycles. The summed E-state index contributed by atoms with van der Waals surface area (Å²) in [7, 11) is 1.58. The molecule has 2 aromatic rings. The maximum absolute atomic E-state index is 13.0. The molecule has 4 rings (SSSR count). The molecule has 1 N–H and O–H groups in total. The summed E-state index contributed by atoms with van der Waals surface area (Å²) in [4.78, 5) is 14.9. The number of rotatable bonds is 6. The van der Waals surface area contributed by atoms with Crippen molar-refractivity contribution in [2.45, 2.75) is 57.7 Å². The summed E-state index contributed by atoms with van der Waals surface area (Å²) >= 11 is 0. The van der Waals surface area contributed by atoms with Gasteiger partial charge in [-0.3, -0.25) is 9.53 Å². The van der Waals surface area contributed by atoms with Crippen LogP contribution in [0.25, 0.3) is 0 Å². The van der Waals surface area contributed by atoms with Gasteiger partial charge in [0.1, 0.15) is 23.6 Å². The molecule has 34 heavy (non-hydrogen) atoms. The van der Waals surface area contributed by atoms with Gasteiger partial charge in [0, 0.05) is 12.1 Å². The molecule has 1 fully saturated rings. The Labute approximate surface area is 200 Å². The van der Waals surface area contributed by atoms with E-state index in [4.69, 9.17) is 9.47 Å². The molecule has 0 radical (unpaired) electrons. The average molecular weight is 468 g/mol. The number of carbonyl (C=O) groups excluding carboxylic acids is 1. The van der Waals surface area contributed by atoms with Gasteiger partial charge in [-0.05, 0) is 83.0 Å². The van der Waals surface area contributed by atoms with Crippen molar-refractivity contribution < 1.29 is 24.2 Å². The summed E-state index contributed by atoms with van der Waals surface area (Å²) in [5, 5.41) is 24.6. The van der Waals surface area contributed by atoms with E-state index in [1.165, 1.54) is 0 Å². The summed E-state index contributed by atoms with van der Waals surface area (Å²) in [5.41, 5.74) is -0.335. The first-order chi connectivity index (χ1) is 16.1. The van der Waals surface area contributed by atoms with Crippen molar-refractivity contribution in [1.29, 1.82) is 0 Å². The van der Waals surface area contributed by atoms with Crippen LogP contribution in [0.1, 0.15) is 56.5 Å². The van der Waals surface area contributed by atoms with Crippen molar-refractivity contribution in [2.24, 2.45) is 0 Å². The maximum atomic E-state index is 13.0. The molecule has 2 aliphatic rings. The van der Waals surface area contributed by atoms with Crippen LogP contribution in [0.5, 0.6) is 11.5 Å². The molecular weight excluding hydrogens is 434 g/mol. The average Bonchev–Trinajstić information content (AvgIpc) is 3.35. The third-order valence-corrected chi connectivity index (χ3v) is 7.44. The Morgan fingerprint density at radius 2 is 1.85 bits per heavy atom. The fraction of sp³-hybridized carbons (Fsp3) is 0.462. The van der Waals surface area contributed by atoms with Gasteiger partial charge in [-0.1, -0.05) is 6.07 Å². The lowest BCUT2D eigenvalue weighted by molar-refractivity contribution is -0.539. The van der Waals surface area contributed by atoms with Crippen LogP contribution >= 0.6 is 0 Å². The van der Waals surface area contributed by atoms with Gasteiger partial charge in [0.05, 0.1) is 18.7 Å². The fourth-order valence-electron chi connectivity index (χ4n) is 4.45. The predicted octanol–water partition coefficient (Wildman–Crippen LogP) is 3.90. The van der Waals surface area contributed by atoms with E-state index in [2.05, 4.69) is 0 Å². The zero-order chi connectivity index (χ0) is 24.7. The lowest BCUT2D eigenvalue weighted by atomic mass is 9.84. The molecule has 0 saturated carbocycles. The Bertz CT molecular complexity index is 1090. The van der Waals surface area contributed by atoms with E-state index in [1.54, 1.807) is 43.5 Å². The van der Waals surface area contributed by atoms with E-state index in [0.717, 1.165) is 22.6 Å². The topological polar surface area (TPSA) is 88.3 Å². The number of hydrogen-bond donors (Lipinski definition) is 1. The molecule has 1 atom stereocenters. The van der Waals surface area contributed by atoms with Crippen LogP contribution in [0.4, 0.5) is 0 Å². The molecule has 2 aromatic carbocycles. The number of benzene rings is 2. The van der Waals surface area contributed by atoms with Crippen LogP contribution in [0, 0.1) is 5.21 Å². The van der Waals surface area contributed by atoms with E-state index >= 15 is 0 Å². The number of amidine groups is 1. The van der Waals surface area contributed by atoms with Crippen molar-refractivity contribution in [3.05, 3.63) is 64.9 Å². The van der Waals surface area contributed by atoms with Gasteiger partial charge >= 0.3 is 5.84 Å².